The molecule has 0 aliphatic rings. The van der Waals surface area contributed by atoms with Gasteiger partial charge in [-0.25, -0.2) is 0 Å². The van der Waals surface area contributed by atoms with Crippen LogP contribution in [-0.4, -0.2) is 22.7 Å². The van der Waals surface area contributed by atoms with E-state index in [9.17, 15) is 9.90 Å². The van der Waals surface area contributed by atoms with Gasteiger partial charge in [-0.15, -0.1) is 0 Å². The number of benzene rings is 1. The first-order valence-electron chi connectivity index (χ1n) is 5.89. The molecule has 2 rings (SSSR count). The molecule has 0 aliphatic carbocycles. The quantitative estimate of drug-likeness (QED) is 0.839. The first kappa shape index (κ1) is 12.5. The Labute approximate surface area is 105 Å². The molecule has 1 atom stereocenters. The highest BCUT2D eigenvalue weighted by Gasteiger charge is 2.17. The van der Waals surface area contributed by atoms with Crippen LogP contribution in [0.15, 0.2) is 36.5 Å². The highest BCUT2D eigenvalue weighted by molar-refractivity contribution is 5.85. The third kappa shape index (κ3) is 2.65. The molecule has 0 fully saturated rings. The molecular weight excluding hydrogens is 230 g/mol. The van der Waals surface area contributed by atoms with Gasteiger partial charge in [-0.05, 0) is 18.4 Å². The van der Waals surface area contributed by atoms with E-state index in [0.717, 1.165) is 10.8 Å². The highest BCUT2D eigenvalue weighted by Crippen LogP contribution is 2.24. The van der Waals surface area contributed by atoms with E-state index in [-0.39, 0.29) is 6.42 Å². The second kappa shape index (κ2) is 5.60. The third-order valence-electron chi connectivity index (χ3n) is 2.69. The predicted octanol–water partition coefficient (Wildman–Crippen LogP) is 2.22. The van der Waals surface area contributed by atoms with Gasteiger partial charge in [0.15, 0.2) is 0 Å². The highest BCUT2D eigenvalue weighted by atomic mass is 16.5. The SMILES string of the molecule is CCOC(=O)CC(O)c1nccc2ccccc12. The molecule has 0 amide bonds. The van der Waals surface area contributed by atoms with Crippen molar-refractivity contribution in [2.24, 2.45) is 0 Å². The van der Waals surface area contributed by atoms with E-state index in [2.05, 4.69) is 4.98 Å². The second-order valence-corrected chi connectivity index (χ2v) is 3.94. The summed E-state index contributed by atoms with van der Waals surface area (Å²) >= 11 is 0. The molecule has 1 heterocycles. The van der Waals surface area contributed by atoms with Crippen molar-refractivity contribution >= 4 is 16.7 Å². The number of aliphatic hydroxyl groups excluding tert-OH is 1. The topological polar surface area (TPSA) is 59.4 Å². The lowest BCUT2D eigenvalue weighted by Gasteiger charge is -2.11. The van der Waals surface area contributed by atoms with Crippen LogP contribution in [0, 0.1) is 0 Å². The normalized spacial score (nSPS) is 12.3. The summed E-state index contributed by atoms with van der Waals surface area (Å²) in [5.41, 5.74) is 0.515. The van der Waals surface area contributed by atoms with Crippen LogP contribution in [0.3, 0.4) is 0 Å². The molecule has 0 saturated heterocycles. The molecule has 0 saturated carbocycles. The fourth-order valence-corrected chi connectivity index (χ4v) is 1.88. The lowest BCUT2D eigenvalue weighted by Crippen LogP contribution is -2.11. The van der Waals surface area contributed by atoms with Gasteiger partial charge in [-0.1, -0.05) is 24.3 Å². The van der Waals surface area contributed by atoms with E-state index < -0.39 is 12.1 Å². The van der Waals surface area contributed by atoms with Gasteiger partial charge in [0.2, 0.25) is 0 Å². The fourth-order valence-electron chi connectivity index (χ4n) is 1.88. The Morgan fingerprint density at radius 1 is 1.39 bits per heavy atom. The van der Waals surface area contributed by atoms with Crippen LogP contribution in [0.2, 0.25) is 0 Å². The summed E-state index contributed by atoms with van der Waals surface area (Å²) in [6, 6.07) is 9.49. The molecule has 4 heteroatoms. The van der Waals surface area contributed by atoms with Gasteiger partial charge < -0.3 is 9.84 Å². The Morgan fingerprint density at radius 3 is 2.94 bits per heavy atom. The van der Waals surface area contributed by atoms with Gasteiger partial charge in [-0.2, -0.15) is 0 Å². The number of nitrogens with zero attached hydrogens (tertiary/aromatic N) is 1. The molecule has 18 heavy (non-hydrogen) atoms. The van der Waals surface area contributed by atoms with Crippen molar-refractivity contribution in [1.82, 2.24) is 4.98 Å². The zero-order chi connectivity index (χ0) is 13.0. The standard InChI is InChI=1S/C14H15NO3/c1-2-18-13(17)9-12(16)14-11-6-4-3-5-10(11)7-8-15-14/h3-8,12,16H,2,9H2,1H3. The summed E-state index contributed by atoms with van der Waals surface area (Å²) in [7, 11) is 0. The van der Waals surface area contributed by atoms with E-state index in [1.807, 2.05) is 30.3 Å². The van der Waals surface area contributed by atoms with Gasteiger partial charge >= 0.3 is 5.97 Å². The summed E-state index contributed by atoms with van der Waals surface area (Å²) in [4.78, 5) is 15.5. The molecule has 0 aliphatic heterocycles. The average molecular weight is 245 g/mol. The Balaban J connectivity index is 2.27. The number of carbonyl (C=O) groups excluding carboxylic acids is 1. The number of ether oxygens (including phenoxy) is 1. The molecule has 0 bridgehead atoms. The van der Waals surface area contributed by atoms with E-state index in [4.69, 9.17) is 4.74 Å². The number of esters is 1. The molecule has 1 unspecified atom stereocenters. The van der Waals surface area contributed by atoms with Crippen molar-refractivity contribution in [2.75, 3.05) is 6.61 Å². The van der Waals surface area contributed by atoms with E-state index in [0.29, 0.717) is 12.3 Å². The molecule has 0 radical (unpaired) electrons. The summed E-state index contributed by atoms with van der Waals surface area (Å²) in [6.07, 6.45) is 0.621. The maximum Gasteiger partial charge on any atom is 0.308 e. The lowest BCUT2D eigenvalue weighted by molar-refractivity contribution is -0.145. The summed E-state index contributed by atoms with van der Waals surface area (Å²) in [6.45, 7) is 2.05. The molecule has 1 aromatic heterocycles. The zero-order valence-corrected chi connectivity index (χ0v) is 10.2. The number of carbonyl (C=O) groups is 1. The first-order chi connectivity index (χ1) is 8.72. The molecule has 94 valence electrons. The summed E-state index contributed by atoms with van der Waals surface area (Å²) in [5.74, 6) is -0.417. The monoisotopic (exact) mass is 245 g/mol. The third-order valence-corrected chi connectivity index (χ3v) is 2.69. The van der Waals surface area contributed by atoms with Crippen molar-refractivity contribution in [3.05, 3.63) is 42.2 Å². The molecule has 4 nitrogen and oxygen atoms in total. The minimum atomic E-state index is -0.935. The van der Waals surface area contributed by atoms with E-state index >= 15 is 0 Å². The fraction of sp³-hybridized carbons (Fsp3) is 0.286. The molecule has 0 spiro atoms. The summed E-state index contributed by atoms with van der Waals surface area (Å²) < 4.78 is 4.82. The maximum atomic E-state index is 11.4. The van der Waals surface area contributed by atoms with E-state index in [1.54, 1.807) is 13.1 Å². The van der Waals surface area contributed by atoms with Crippen LogP contribution in [0.25, 0.3) is 10.8 Å². The van der Waals surface area contributed by atoms with Crippen LogP contribution in [-0.2, 0) is 9.53 Å². The van der Waals surface area contributed by atoms with Gasteiger partial charge in [0.05, 0.1) is 18.7 Å². The number of aromatic nitrogens is 1. The number of aliphatic hydroxyl groups is 1. The minimum absolute atomic E-state index is 0.0746. The van der Waals surface area contributed by atoms with Crippen LogP contribution >= 0.6 is 0 Å². The van der Waals surface area contributed by atoms with Crippen molar-refractivity contribution < 1.29 is 14.6 Å². The molecule has 1 N–H and O–H groups in total. The van der Waals surface area contributed by atoms with Gasteiger partial charge in [0, 0.05) is 11.6 Å². The molecular formula is C14H15NO3. The summed E-state index contributed by atoms with van der Waals surface area (Å²) in [5, 5.41) is 11.9. The number of hydrogen-bond donors (Lipinski definition) is 1. The van der Waals surface area contributed by atoms with Crippen molar-refractivity contribution in [1.29, 1.82) is 0 Å². The Morgan fingerprint density at radius 2 is 2.17 bits per heavy atom. The van der Waals surface area contributed by atoms with Crippen molar-refractivity contribution in [3.63, 3.8) is 0 Å². The second-order valence-electron chi connectivity index (χ2n) is 3.94. The van der Waals surface area contributed by atoms with Crippen LogP contribution in [0.5, 0.6) is 0 Å². The zero-order valence-electron chi connectivity index (χ0n) is 10.2. The first-order valence-corrected chi connectivity index (χ1v) is 5.89. The minimum Gasteiger partial charge on any atom is -0.466 e. The van der Waals surface area contributed by atoms with Gasteiger partial charge in [0.25, 0.3) is 0 Å². The average Bonchev–Trinajstić information content (AvgIpc) is 2.38. The van der Waals surface area contributed by atoms with Crippen LogP contribution in [0.4, 0.5) is 0 Å². The Hall–Kier alpha value is -1.94. The molecule has 2 aromatic rings. The number of fused-ring (bicyclic) bond motifs is 1. The van der Waals surface area contributed by atoms with Crippen LogP contribution in [0.1, 0.15) is 25.1 Å². The van der Waals surface area contributed by atoms with Gasteiger partial charge in [0.1, 0.15) is 6.10 Å². The molecule has 1 aromatic carbocycles. The van der Waals surface area contributed by atoms with Crippen molar-refractivity contribution in [2.45, 2.75) is 19.4 Å². The Bertz CT molecular complexity index is 548. The smallest absolute Gasteiger partial charge is 0.308 e. The lowest BCUT2D eigenvalue weighted by atomic mass is 10.0. The van der Waals surface area contributed by atoms with Crippen LogP contribution < -0.4 is 0 Å². The number of hydrogen-bond acceptors (Lipinski definition) is 4. The number of rotatable bonds is 4. The maximum absolute atomic E-state index is 11.4. The van der Waals surface area contributed by atoms with Gasteiger partial charge in [-0.3, -0.25) is 9.78 Å². The van der Waals surface area contributed by atoms with E-state index in [1.165, 1.54) is 0 Å². The largest absolute Gasteiger partial charge is 0.466 e. The predicted molar refractivity (Wildman–Crippen MR) is 68.0 cm³/mol. The van der Waals surface area contributed by atoms with Crippen molar-refractivity contribution in [3.8, 4) is 0 Å². The Kier molecular flexibility index (Phi) is 3.89. The number of pyridine rings is 1.